The normalized spacial score (nSPS) is 11.2. The number of ketones is 1. The van der Waals surface area contributed by atoms with Crippen LogP contribution in [0.3, 0.4) is 0 Å². The summed E-state index contributed by atoms with van der Waals surface area (Å²) in [7, 11) is 0. The highest BCUT2D eigenvalue weighted by Crippen LogP contribution is 2.29. The van der Waals surface area contributed by atoms with Gasteiger partial charge in [-0.05, 0) is 68.5 Å². The lowest BCUT2D eigenvalue weighted by atomic mass is 9.99. The van der Waals surface area contributed by atoms with Crippen LogP contribution in [0.5, 0.6) is 5.75 Å². The second kappa shape index (κ2) is 11.0. The van der Waals surface area contributed by atoms with Crippen LogP contribution in [0, 0.1) is 20.8 Å². The predicted molar refractivity (Wildman–Crippen MR) is 131 cm³/mol. The number of aromatic nitrogens is 3. The third-order valence-electron chi connectivity index (χ3n) is 5.71. The van der Waals surface area contributed by atoms with E-state index in [-0.39, 0.29) is 18.4 Å². The molecule has 0 saturated heterocycles. The van der Waals surface area contributed by atoms with E-state index in [0.717, 1.165) is 40.5 Å². The van der Waals surface area contributed by atoms with E-state index >= 15 is 0 Å². The summed E-state index contributed by atoms with van der Waals surface area (Å²) in [6, 6.07) is 11.7. The van der Waals surface area contributed by atoms with Crippen LogP contribution in [0.2, 0.25) is 5.02 Å². The zero-order chi connectivity index (χ0) is 23.3. The highest BCUT2D eigenvalue weighted by Gasteiger charge is 2.21. The van der Waals surface area contributed by atoms with Crippen LogP contribution in [0.1, 0.15) is 65.6 Å². The zero-order valence-electron chi connectivity index (χ0n) is 19.3. The molecule has 0 unspecified atom stereocenters. The van der Waals surface area contributed by atoms with Crippen LogP contribution >= 0.6 is 23.4 Å². The predicted octanol–water partition coefficient (Wildman–Crippen LogP) is 6.77. The first-order valence-electron chi connectivity index (χ1n) is 10.9. The van der Waals surface area contributed by atoms with Crippen molar-refractivity contribution in [3.8, 4) is 5.75 Å². The van der Waals surface area contributed by atoms with E-state index in [2.05, 4.69) is 41.6 Å². The molecule has 0 spiro atoms. The fourth-order valence-electron chi connectivity index (χ4n) is 3.70. The fraction of sp³-hybridized carbons (Fsp3) is 0.400. The second-order valence-electron chi connectivity index (χ2n) is 7.92. The standard InChI is InChI=1S/C25H30ClN3O2S/c1-6-19(7-2)29-24(14-31-23-11-9-8-10-21(23)26)27-28-25(29)32-15-22(30)20-13-17(4)16(3)12-18(20)5/h8-13,19H,6-7,14-15H2,1-5H3. The van der Waals surface area contributed by atoms with Gasteiger partial charge in [-0.1, -0.05) is 55.4 Å². The van der Waals surface area contributed by atoms with Gasteiger partial charge in [0, 0.05) is 11.6 Å². The van der Waals surface area contributed by atoms with E-state index in [1.807, 2.05) is 38.1 Å². The van der Waals surface area contributed by atoms with Gasteiger partial charge in [0.15, 0.2) is 16.8 Å². The molecule has 0 radical (unpaired) electrons. The molecule has 0 saturated carbocycles. The first kappa shape index (κ1) is 24.3. The second-order valence-corrected chi connectivity index (χ2v) is 9.27. The molecule has 0 fully saturated rings. The molecule has 3 aromatic rings. The number of ether oxygens (including phenoxy) is 1. The molecule has 0 aliphatic carbocycles. The Morgan fingerprint density at radius 2 is 1.75 bits per heavy atom. The molecule has 0 aliphatic rings. The third kappa shape index (κ3) is 5.54. The smallest absolute Gasteiger partial charge is 0.192 e. The number of rotatable bonds is 10. The average molecular weight is 472 g/mol. The number of carbonyl (C=O) groups is 1. The molecule has 32 heavy (non-hydrogen) atoms. The number of benzene rings is 2. The first-order chi connectivity index (χ1) is 15.3. The van der Waals surface area contributed by atoms with Gasteiger partial charge in [-0.15, -0.1) is 10.2 Å². The minimum atomic E-state index is 0.101. The minimum Gasteiger partial charge on any atom is -0.484 e. The molecule has 0 atom stereocenters. The number of carbonyl (C=O) groups excluding carboxylic acids is 1. The van der Waals surface area contributed by atoms with Crippen molar-refractivity contribution in [1.82, 2.24) is 14.8 Å². The molecule has 1 heterocycles. The lowest BCUT2D eigenvalue weighted by Gasteiger charge is -2.19. The van der Waals surface area contributed by atoms with Crippen molar-refractivity contribution < 1.29 is 9.53 Å². The van der Waals surface area contributed by atoms with E-state index in [1.165, 1.54) is 17.3 Å². The minimum absolute atomic E-state index is 0.101. The average Bonchev–Trinajstić information content (AvgIpc) is 3.17. The van der Waals surface area contributed by atoms with Crippen LogP contribution in [-0.4, -0.2) is 26.3 Å². The molecule has 2 aromatic carbocycles. The summed E-state index contributed by atoms with van der Waals surface area (Å²) in [5.74, 6) is 1.76. The van der Waals surface area contributed by atoms with Crippen LogP contribution in [-0.2, 0) is 6.61 Å². The molecule has 0 amide bonds. The SMILES string of the molecule is CCC(CC)n1c(COc2ccccc2Cl)nnc1SCC(=O)c1cc(C)c(C)cc1C. The Morgan fingerprint density at radius 3 is 2.44 bits per heavy atom. The van der Waals surface area contributed by atoms with Crippen LogP contribution in [0.15, 0.2) is 41.6 Å². The molecule has 1 aromatic heterocycles. The van der Waals surface area contributed by atoms with Gasteiger partial charge in [0.2, 0.25) is 0 Å². The van der Waals surface area contributed by atoms with Crippen LogP contribution in [0.25, 0.3) is 0 Å². The molecule has 7 heteroatoms. The van der Waals surface area contributed by atoms with E-state index in [1.54, 1.807) is 6.07 Å². The molecule has 5 nitrogen and oxygen atoms in total. The van der Waals surface area contributed by atoms with Crippen molar-refractivity contribution in [3.05, 3.63) is 69.5 Å². The van der Waals surface area contributed by atoms with Crippen LogP contribution < -0.4 is 4.74 Å². The Balaban J connectivity index is 1.79. The molecule has 170 valence electrons. The lowest BCUT2D eigenvalue weighted by molar-refractivity contribution is 0.102. The van der Waals surface area contributed by atoms with Gasteiger partial charge in [-0.2, -0.15) is 0 Å². The largest absolute Gasteiger partial charge is 0.484 e. The van der Waals surface area contributed by atoms with Crippen molar-refractivity contribution in [2.75, 3.05) is 5.75 Å². The van der Waals surface area contributed by atoms with Gasteiger partial charge in [0.1, 0.15) is 12.4 Å². The monoisotopic (exact) mass is 471 g/mol. The summed E-state index contributed by atoms with van der Waals surface area (Å²) < 4.78 is 8.03. The zero-order valence-corrected chi connectivity index (χ0v) is 20.9. The molecule has 0 N–H and O–H groups in total. The lowest BCUT2D eigenvalue weighted by Crippen LogP contribution is -2.15. The Bertz CT molecular complexity index is 1090. The molecular formula is C25H30ClN3O2S. The number of hydrogen-bond acceptors (Lipinski definition) is 5. The maximum atomic E-state index is 13.0. The molecule has 0 bridgehead atoms. The fourth-order valence-corrected chi connectivity index (χ4v) is 4.80. The summed E-state index contributed by atoms with van der Waals surface area (Å²) in [5, 5.41) is 10.1. The van der Waals surface area contributed by atoms with E-state index in [0.29, 0.717) is 16.5 Å². The van der Waals surface area contributed by atoms with E-state index in [4.69, 9.17) is 16.3 Å². The van der Waals surface area contributed by atoms with E-state index < -0.39 is 0 Å². The topological polar surface area (TPSA) is 57.0 Å². The molecule has 0 aliphatic heterocycles. The van der Waals surface area contributed by atoms with Gasteiger partial charge >= 0.3 is 0 Å². The summed E-state index contributed by atoms with van der Waals surface area (Å²) in [6.07, 6.45) is 1.87. The number of thioether (sulfide) groups is 1. The third-order valence-corrected chi connectivity index (χ3v) is 6.97. The number of halogens is 1. The van der Waals surface area contributed by atoms with Gasteiger partial charge < -0.3 is 9.30 Å². The highest BCUT2D eigenvalue weighted by molar-refractivity contribution is 7.99. The first-order valence-corrected chi connectivity index (χ1v) is 12.3. The quantitative estimate of drug-likeness (QED) is 0.241. The van der Waals surface area contributed by atoms with Gasteiger partial charge in [-0.3, -0.25) is 4.79 Å². The number of nitrogens with zero attached hydrogens (tertiary/aromatic N) is 3. The van der Waals surface area contributed by atoms with Crippen molar-refractivity contribution >= 4 is 29.1 Å². The van der Waals surface area contributed by atoms with Crippen molar-refractivity contribution in [3.63, 3.8) is 0 Å². The van der Waals surface area contributed by atoms with Crippen molar-refractivity contribution in [2.24, 2.45) is 0 Å². The summed E-state index contributed by atoms with van der Waals surface area (Å²) in [5.41, 5.74) is 4.11. The summed E-state index contributed by atoms with van der Waals surface area (Å²) >= 11 is 7.65. The molecular weight excluding hydrogens is 442 g/mol. The maximum absolute atomic E-state index is 13.0. The number of aryl methyl sites for hydroxylation is 3. The molecule has 3 rings (SSSR count). The van der Waals surface area contributed by atoms with E-state index in [9.17, 15) is 4.79 Å². The number of Topliss-reactive ketones (excluding diaryl/α,β-unsaturated/α-hetero) is 1. The Hall–Kier alpha value is -2.31. The Morgan fingerprint density at radius 1 is 1.06 bits per heavy atom. The highest BCUT2D eigenvalue weighted by atomic mass is 35.5. The summed E-state index contributed by atoms with van der Waals surface area (Å²) in [4.78, 5) is 13.0. The van der Waals surface area contributed by atoms with Gasteiger partial charge in [-0.25, -0.2) is 0 Å². The van der Waals surface area contributed by atoms with Crippen LogP contribution in [0.4, 0.5) is 0 Å². The van der Waals surface area contributed by atoms with Crippen molar-refractivity contribution in [2.45, 2.75) is 65.3 Å². The Kier molecular flexibility index (Phi) is 8.38. The van der Waals surface area contributed by atoms with Crippen molar-refractivity contribution in [1.29, 1.82) is 0 Å². The number of hydrogen-bond donors (Lipinski definition) is 0. The number of para-hydroxylation sites is 1. The Labute approximate surface area is 199 Å². The van der Waals surface area contributed by atoms with Gasteiger partial charge in [0.25, 0.3) is 0 Å². The summed E-state index contributed by atoms with van der Waals surface area (Å²) in [6.45, 7) is 10.6. The maximum Gasteiger partial charge on any atom is 0.192 e. The van der Waals surface area contributed by atoms with Gasteiger partial charge in [0.05, 0.1) is 10.8 Å².